The fourth-order valence-electron chi connectivity index (χ4n) is 1.83. The summed E-state index contributed by atoms with van der Waals surface area (Å²) in [5.74, 6) is 0.0557. The molecule has 0 fully saturated rings. The number of anilines is 1. The molecule has 0 aliphatic rings. The van der Waals surface area contributed by atoms with E-state index >= 15 is 0 Å². The normalized spacial score (nSPS) is 11.7. The van der Waals surface area contributed by atoms with Crippen LogP contribution >= 0.6 is 12.4 Å². The summed E-state index contributed by atoms with van der Waals surface area (Å²) in [4.78, 5) is 24.0. The van der Waals surface area contributed by atoms with Crippen LogP contribution in [0.1, 0.15) is 30.6 Å². The second-order valence-corrected chi connectivity index (χ2v) is 5.45. The fourth-order valence-corrected chi connectivity index (χ4v) is 1.83. The van der Waals surface area contributed by atoms with Crippen LogP contribution in [0.4, 0.5) is 11.4 Å². The molecule has 1 aromatic carbocycles. The minimum atomic E-state index is -0.596. The quantitative estimate of drug-likeness (QED) is 0.470. The predicted octanol–water partition coefficient (Wildman–Crippen LogP) is 2.04. The van der Waals surface area contributed by atoms with E-state index in [-0.39, 0.29) is 41.3 Å². The Morgan fingerprint density at radius 3 is 2.50 bits per heavy atom. The van der Waals surface area contributed by atoms with Crippen molar-refractivity contribution in [3.63, 3.8) is 0 Å². The maximum absolute atomic E-state index is 12.2. The van der Waals surface area contributed by atoms with Crippen LogP contribution < -0.4 is 11.5 Å². The number of halogens is 1. The number of nitrogen functional groups attached to an aromatic ring is 1. The van der Waals surface area contributed by atoms with Gasteiger partial charge in [-0.3, -0.25) is 14.9 Å². The molecule has 1 unspecified atom stereocenters. The molecular formula is C14H23ClN4O3. The summed E-state index contributed by atoms with van der Waals surface area (Å²) in [5.41, 5.74) is 11.5. The van der Waals surface area contributed by atoms with E-state index in [1.807, 2.05) is 13.8 Å². The number of hydrogen-bond donors (Lipinski definition) is 2. The van der Waals surface area contributed by atoms with Crippen molar-refractivity contribution in [2.24, 2.45) is 11.7 Å². The van der Waals surface area contributed by atoms with Crippen LogP contribution in [-0.2, 0) is 0 Å². The average Bonchev–Trinajstić information content (AvgIpc) is 2.43. The van der Waals surface area contributed by atoms with Crippen molar-refractivity contribution in [3.05, 3.63) is 33.9 Å². The summed E-state index contributed by atoms with van der Waals surface area (Å²) in [6.07, 6.45) is 0.678. The Hall–Kier alpha value is -1.86. The first-order valence-corrected chi connectivity index (χ1v) is 6.79. The van der Waals surface area contributed by atoms with Crippen molar-refractivity contribution < 1.29 is 9.72 Å². The Morgan fingerprint density at radius 1 is 1.41 bits per heavy atom. The van der Waals surface area contributed by atoms with Crippen molar-refractivity contribution in [2.75, 3.05) is 19.3 Å². The van der Waals surface area contributed by atoms with Gasteiger partial charge in [-0.25, -0.2) is 0 Å². The number of carbonyl (C=O) groups excluding carboxylic acids is 1. The molecule has 124 valence electrons. The number of nitrogens with zero attached hydrogens (tertiary/aromatic N) is 2. The zero-order chi connectivity index (χ0) is 16.2. The maximum atomic E-state index is 12.2. The van der Waals surface area contributed by atoms with Gasteiger partial charge in [0, 0.05) is 31.3 Å². The molecule has 7 nitrogen and oxygen atoms in total. The topological polar surface area (TPSA) is 115 Å². The highest BCUT2D eigenvalue weighted by Crippen LogP contribution is 2.23. The van der Waals surface area contributed by atoms with Crippen molar-refractivity contribution in [1.82, 2.24) is 4.90 Å². The summed E-state index contributed by atoms with van der Waals surface area (Å²) in [5, 5.41) is 10.8. The number of hydrogen-bond acceptors (Lipinski definition) is 5. The number of nitrogens with two attached hydrogens (primary N) is 2. The summed E-state index contributed by atoms with van der Waals surface area (Å²) >= 11 is 0. The molecule has 22 heavy (non-hydrogen) atoms. The number of carbonyl (C=O) groups is 1. The van der Waals surface area contributed by atoms with Gasteiger partial charge >= 0.3 is 0 Å². The van der Waals surface area contributed by atoms with E-state index in [1.54, 1.807) is 7.05 Å². The molecule has 0 saturated carbocycles. The van der Waals surface area contributed by atoms with E-state index in [0.717, 1.165) is 0 Å². The maximum Gasteiger partial charge on any atom is 0.292 e. The van der Waals surface area contributed by atoms with E-state index < -0.39 is 4.92 Å². The van der Waals surface area contributed by atoms with E-state index in [2.05, 4.69) is 0 Å². The third kappa shape index (κ3) is 5.16. The number of rotatable bonds is 6. The predicted molar refractivity (Wildman–Crippen MR) is 89.1 cm³/mol. The van der Waals surface area contributed by atoms with Gasteiger partial charge in [-0.2, -0.15) is 0 Å². The van der Waals surface area contributed by atoms with Crippen LogP contribution in [0.5, 0.6) is 0 Å². The summed E-state index contributed by atoms with van der Waals surface area (Å²) in [6.45, 7) is 4.54. The Labute approximate surface area is 136 Å². The minimum absolute atomic E-state index is 0. The van der Waals surface area contributed by atoms with Gasteiger partial charge in [0.25, 0.3) is 11.6 Å². The van der Waals surface area contributed by atoms with Gasteiger partial charge in [0.05, 0.1) is 4.92 Å². The number of nitro benzene ring substituents is 1. The standard InChI is InChI=1S/C14H22N4O3.ClH/c1-9(2)11(15)6-7-17(3)14(19)10-4-5-12(16)13(8-10)18(20)21;/h4-5,8-9,11H,6-7,15-16H2,1-3H3;1H. The first-order valence-electron chi connectivity index (χ1n) is 6.79. The van der Waals surface area contributed by atoms with Gasteiger partial charge in [0.1, 0.15) is 5.69 Å². The minimum Gasteiger partial charge on any atom is -0.393 e. The van der Waals surface area contributed by atoms with E-state index in [9.17, 15) is 14.9 Å². The van der Waals surface area contributed by atoms with Crippen LogP contribution in [0.25, 0.3) is 0 Å². The lowest BCUT2D eigenvalue weighted by Crippen LogP contribution is -2.34. The largest absolute Gasteiger partial charge is 0.393 e. The van der Waals surface area contributed by atoms with E-state index in [4.69, 9.17) is 11.5 Å². The average molecular weight is 331 g/mol. The highest BCUT2D eigenvalue weighted by atomic mass is 35.5. The Morgan fingerprint density at radius 2 is 2.00 bits per heavy atom. The van der Waals surface area contributed by atoms with Crippen LogP contribution in [0.3, 0.4) is 0 Å². The molecule has 8 heteroatoms. The Bertz CT molecular complexity index is 537. The van der Waals surface area contributed by atoms with Crippen molar-refractivity contribution >= 4 is 29.7 Å². The van der Waals surface area contributed by atoms with Gasteiger partial charge in [0.2, 0.25) is 0 Å². The zero-order valence-electron chi connectivity index (χ0n) is 13.0. The monoisotopic (exact) mass is 330 g/mol. The second kappa shape index (κ2) is 8.55. The molecule has 0 aromatic heterocycles. The summed E-state index contributed by atoms with van der Waals surface area (Å²) < 4.78 is 0. The molecule has 0 aliphatic carbocycles. The third-order valence-electron chi connectivity index (χ3n) is 3.47. The molecule has 1 amide bonds. The number of nitro groups is 1. The molecule has 0 aliphatic heterocycles. The SMILES string of the molecule is CC(C)C(N)CCN(C)C(=O)c1ccc(N)c([N+](=O)[O-])c1.Cl. The van der Waals surface area contributed by atoms with Gasteiger partial charge < -0.3 is 16.4 Å². The molecule has 0 heterocycles. The van der Waals surface area contributed by atoms with Crippen LogP contribution in [0.2, 0.25) is 0 Å². The van der Waals surface area contributed by atoms with Gasteiger partial charge in [0.15, 0.2) is 0 Å². The first-order chi connectivity index (χ1) is 9.73. The molecule has 0 spiro atoms. The molecule has 1 rings (SSSR count). The molecule has 0 bridgehead atoms. The van der Waals surface area contributed by atoms with Crippen molar-refractivity contribution in [3.8, 4) is 0 Å². The zero-order valence-corrected chi connectivity index (χ0v) is 13.8. The molecular weight excluding hydrogens is 308 g/mol. The fraction of sp³-hybridized carbons (Fsp3) is 0.500. The molecule has 1 atom stereocenters. The first kappa shape index (κ1) is 20.1. The third-order valence-corrected chi connectivity index (χ3v) is 3.47. The molecule has 0 saturated heterocycles. The van der Waals surface area contributed by atoms with Gasteiger partial charge in [-0.1, -0.05) is 13.8 Å². The van der Waals surface area contributed by atoms with Crippen molar-refractivity contribution in [2.45, 2.75) is 26.3 Å². The van der Waals surface area contributed by atoms with Gasteiger partial charge in [-0.05, 0) is 24.5 Å². The number of benzene rings is 1. The van der Waals surface area contributed by atoms with E-state index in [1.165, 1.54) is 23.1 Å². The number of amides is 1. The van der Waals surface area contributed by atoms with Crippen LogP contribution in [0.15, 0.2) is 18.2 Å². The molecule has 4 N–H and O–H groups in total. The molecule has 0 radical (unpaired) electrons. The highest BCUT2D eigenvalue weighted by molar-refractivity contribution is 5.95. The lowest BCUT2D eigenvalue weighted by atomic mass is 10.0. The Balaban J connectivity index is 0.00000441. The van der Waals surface area contributed by atoms with Crippen LogP contribution in [0, 0.1) is 16.0 Å². The highest BCUT2D eigenvalue weighted by Gasteiger charge is 2.19. The van der Waals surface area contributed by atoms with Crippen molar-refractivity contribution in [1.29, 1.82) is 0 Å². The van der Waals surface area contributed by atoms with E-state index in [0.29, 0.717) is 18.9 Å². The van der Waals surface area contributed by atoms with Gasteiger partial charge in [-0.15, -0.1) is 12.4 Å². The summed E-state index contributed by atoms with van der Waals surface area (Å²) in [7, 11) is 1.65. The molecule has 1 aromatic rings. The lowest BCUT2D eigenvalue weighted by Gasteiger charge is -2.21. The Kier molecular flexibility index (Phi) is 7.83. The second-order valence-electron chi connectivity index (χ2n) is 5.45. The lowest BCUT2D eigenvalue weighted by molar-refractivity contribution is -0.383. The smallest absolute Gasteiger partial charge is 0.292 e. The summed E-state index contributed by atoms with van der Waals surface area (Å²) in [6, 6.07) is 4.08. The van der Waals surface area contributed by atoms with Crippen LogP contribution in [-0.4, -0.2) is 35.4 Å².